The highest BCUT2D eigenvalue weighted by Crippen LogP contribution is 2.37. The van der Waals surface area contributed by atoms with Gasteiger partial charge in [0.15, 0.2) is 11.5 Å². The summed E-state index contributed by atoms with van der Waals surface area (Å²) in [6.45, 7) is 1.38. The van der Waals surface area contributed by atoms with Gasteiger partial charge in [0.2, 0.25) is 5.75 Å². The van der Waals surface area contributed by atoms with Gasteiger partial charge < -0.3 is 20.3 Å². The molecule has 0 aliphatic carbocycles. The Morgan fingerprint density at radius 1 is 1.07 bits per heavy atom. The van der Waals surface area contributed by atoms with Gasteiger partial charge in [0.25, 0.3) is 5.56 Å². The zero-order chi connectivity index (χ0) is 19.0. The lowest BCUT2D eigenvalue weighted by Crippen LogP contribution is -2.35. The zero-order valence-corrected chi connectivity index (χ0v) is 14.4. The molecule has 4 rings (SSSR count). The predicted molar refractivity (Wildman–Crippen MR) is 97.3 cm³/mol. The second kappa shape index (κ2) is 6.73. The van der Waals surface area contributed by atoms with Crippen molar-refractivity contribution in [2.45, 2.75) is 19.5 Å². The van der Waals surface area contributed by atoms with Gasteiger partial charge in [-0.05, 0) is 18.2 Å². The predicted octanol–water partition coefficient (Wildman–Crippen LogP) is 1.51. The summed E-state index contributed by atoms with van der Waals surface area (Å²) in [6, 6.07) is 6.46. The summed E-state index contributed by atoms with van der Waals surface area (Å²) in [5.74, 6) is -0.729. The standard InChI is InChI=1S/C19H18N4O4/c24-15-2-1-12(16(25)17(15)26)9-23-8-5-14-13(10-23)19(27)22-18(21-14)11-3-6-20-7-4-11/h1-4,6-7,24-26H,5,8-10H2,(H,21,22,27). The number of phenolic OH excluding ortho intramolecular Hbond substituents is 3. The van der Waals surface area contributed by atoms with Gasteiger partial charge in [-0.1, -0.05) is 6.07 Å². The van der Waals surface area contributed by atoms with Crippen molar-refractivity contribution in [1.82, 2.24) is 19.9 Å². The van der Waals surface area contributed by atoms with Crippen LogP contribution in [0.4, 0.5) is 0 Å². The highest BCUT2D eigenvalue weighted by molar-refractivity contribution is 5.54. The zero-order valence-electron chi connectivity index (χ0n) is 14.4. The van der Waals surface area contributed by atoms with Crippen LogP contribution in [0.1, 0.15) is 16.8 Å². The van der Waals surface area contributed by atoms with Gasteiger partial charge in [0.1, 0.15) is 5.82 Å². The van der Waals surface area contributed by atoms with E-state index in [0.717, 1.165) is 11.3 Å². The summed E-state index contributed by atoms with van der Waals surface area (Å²) < 4.78 is 0. The number of nitrogens with one attached hydrogen (secondary N) is 1. The minimum atomic E-state index is -0.536. The fourth-order valence-corrected chi connectivity index (χ4v) is 3.24. The number of phenols is 3. The van der Waals surface area contributed by atoms with Crippen molar-refractivity contribution in [3.63, 3.8) is 0 Å². The number of fused-ring (bicyclic) bond motifs is 1. The summed E-state index contributed by atoms with van der Waals surface area (Å²) in [5, 5.41) is 29.1. The molecule has 0 unspecified atom stereocenters. The molecule has 8 nitrogen and oxygen atoms in total. The van der Waals surface area contributed by atoms with Gasteiger partial charge in [-0.25, -0.2) is 4.98 Å². The quantitative estimate of drug-likeness (QED) is 0.518. The van der Waals surface area contributed by atoms with Gasteiger partial charge >= 0.3 is 0 Å². The molecular formula is C19H18N4O4. The lowest BCUT2D eigenvalue weighted by molar-refractivity contribution is 0.237. The monoisotopic (exact) mass is 366 g/mol. The first kappa shape index (κ1) is 17.0. The van der Waals surface area contributed by atoms with Gasteiger partial charge in [0.05, 0.1) is 11.3 Å². The fraction of sp³-hybridized carbons (Fsp3) is 0.211. The van der Waals surface area contributed by atoms with Gasteiger partial charge in [-0.2, -0.15) is 0 Å². The lowest BCUT2D eigenvalue weighted by Gasteiger charge is -2.28. The van der Waals surface area contributed by atoms with E-state index in [9.17, 15) is 20.1 Å². The molecule has 27 heavy (non-hydrogen) atoms. The average Bonchev–Trinajstić information content (AvgIpc) is 2.69. The number of aromatic nitrogens is 3. The van der Waals surface area contributed by atoms with Crippen molar-refractivity contribution in [3.05, 3.63) is 63.8 Å². The summed E-state index contributed by atoms with van der Waals surface area (Å²) in [6.07, 6.45) is 3.90. The second-order valence-corrected chi connectivity index (χ2v) is 6.48. The third kappa shape index (κ3) is 3.22. The third-order valence-electron chi connectivity index (χ3n) is 4.71. The highest BCUT2D eigenvalue weighted by Gasteiger charge is 2.23. The van der Waals surface area contributed by atoms with Crippen LogP contribution in [0.25, 0.3) is 11.4 Å². The van der Waals surface area contributed by atoms with Crippen LogP contribution in [0.15, 0.2) is 41.5 Å². The van der Waals surface area contributed by atoms with E-state index in [4.69, 9.17) is 0 Å². The number of nitrogens with zero attached hydrogens (tertiary/aromatic N) is 3. The number of H-pyrrole nitrogens is 1. The molecule has 4 N–H and O–H groups in total. The molecule has 138 valence electrons. The third-order valence-corrected chi connectivity index (χ3v) is 4.71. The van der Waals surface area contributed by atoms with E-state index in [2.05, 4.69) is 15.0 Å². The van der Waals surface area contributed by atoms with Crippen molar-refractivity contribution in [3.8, 4) is 28.6 Å². The van der Waals surface area contributed by atoms with E-state index in [1.165, 1.54) is 6.07 Å². The Bertz CT molecular complexity index is 1050. The van der Waals surface area contributed by atoms with Gasteiger partial charge in [-0.3, -0.25) is 14.7 Å². The molecule has 1 aliphatic heterocycles. The van der Waals surface area contributed by atoms with E-state index in [-0.39, 0.29) is 17.1 Å². The Morgan fingerprint density at radius 2 is 1.85 bits per heavy atom. The Labute approximate surface area is 154 Å². The van der Waals surface area contributed by atoms with Crippen molar-refractivity contribution in [2.24, 2.45) is 0 Å². The molecule has 0 saturated carbocycles. The molecule has 0 fully saturated rings. The average molecular weight is 366 g/mol. The normalized spacial score (nSPS) is 14.1. The van der Waals surface area contributed by atoms with Crippen LogP contribution in [0.2, 0.25) is 0 Å². The van der Waals surface area contributed by atoms with Crippen molar-refractivity contribution in [1.29, 1.82) is 0 Å². The Hall–Kier alpha value is -3.39. The Kier molecular flexibility index (Phi) is 4.25. The molecule has 0 amide bonds. The van der Waals surface area contributed by atoms with E-state index in [1.54, 1.807) is 30.6 Å². The van der Waals surface area contributed by atoms with Crippen LogP contribution in [-0.4, -0.2) is 41.7 Å². The maximum Gasteiger partial charge on any atom is 0.255 e. The number of rotatable bonds is 3. The molecule has 0 spiro atoms. The van der Waals surface area contributed by atoms with Crippen molar-refractivity contribution in [2.75, 3.05) is 6.54 Å². The highest BCUT2D eigenvalue weighted by atomic mass is 16.3. The van der Waals surface area contributed by atoms with E-state index >= 15 is 0 Å². The molecule has 1 aromatic carbocycles. The van der Waals surface area contributed by atoms with Crippen LogP contribution in [0, 0.1) is 0 Å². The van der Waals surface area contributed by atoms with E-state index in [1.807, 2.05) is 4.90 Å². The second-order valence-electron chi connectivity index (χ2n) is 6.48. The number of hydrogen-bond donors (Lipinski definition) is 4. The summed E-state index contributed by atoms with van der Waals surface area (Å²) in [5.41, 5.74) is 2.46. The molecule has 0 bridgehead atoms. The molecule has 2 aromatic heterocycles. The Morgan fingerprint density at radius 3 is 2.63 bits per heavy atom. The minimum Gasteiger partial charge on any atom is -0.504 e. The SMILES string of the molecule is O=c1[nH]c(-c2ccncc2)nc2c1CN(Cc1ccc(O)c(O)c1O)CC2. The smallest absolute Gasteiger partial charge is 0.255 e. The number of aromatic hydroxyl groups is 3. The summed E-state index contributed by atoms with van der Waals surface area (Å²) >= 11 is 0. The first-order chi connectivity index (χ1) is 13.0. The Balaban J connectivity index is 1.59. The molecule has 0 radical (unpaired) electrons. The van der Waals surface area contributed by atoms with E-state index < -0.39 is 5.75 Å². The van der Waals surface area contributed by atoms with Crippen LogP contribution in [0.5, 0.6) is 17.2 Å². The van der Waals surface area contributed by atoms with Crippen LogP contribution in [0.3, 0.4) is 0 Å². The first-order valence-corrected chi connectivity index (χ1v) is 8.50. The summed E-state index contributed by atoms with van der Waals surface area (Å²) in [4.78, 5) is 25.9. The molecular weight excluding hydrogens is 348 g/mol. The van der Waals surface area contributed by atoms with E-state index in [0.29, 0.717) is 43.0 Å². The van der Waals surface area contributed by atoms with Crippen molar-refractivity contribution < 1.29 is 15.3 Å². The maximum atomic E-state index is 12.6. The molecule has 0 atom stereocenters. The molecule has 3 aromatic rings. The topological polar surface area (TPSA) is 123 Å². The van der Waals surface area contributed by atoms with Gasteiger partial charge in [-0.15, -0.1) is 0 Å². The number of pyridine rings is 1. The summed E-state index contributed by atoms with van der Waals surface area (Å²) in [7, 11) is 0. The number of benzene rings is 1. The van der Waals surface area contributed by atoms with Crippen molar-refractivity contribution >= 4 is 0 Å². The van der Waals surface area contributed by atoms with Gasteiger partial charge in [0, 0.05) is 49.6 Å². The first-order valence-electron chi connectivity index (χ1n) is 8.50. The lowest BCUT2D eigenvalue weighted by atomic mass is 10.0. The largest absolute Gasteiger partial charge is 0.504 e. The number of hydrogen-bond acceptors (Lipinski definition) is 7. The molecule has 1 aliphatic rings. The van der Waals surface area contributed by atoms with Crippen LogP contribution in [-0.2, 0) is 19.5 Å². The minimum absolute atomic E-state index is 0.186. The van der Waals surface area contributed by atoms with Crippen LogP contribution < -0.4 is 5.56 Å². The van der Waals surface area contributed by atoms with Crippen LogP contribution >= 0.6 is 0 Å². The maximum absolute atomic E-state index is 12.6. The fourth-order valence-electron chi connectivity index (χ4n) is 3.24. The molecule has 0 saturated heterocycles. The number of aromatic amines is 1. The molecule has 8 heteroatoms. The molecule has 3 heterocycles.